The molecule has 1 aromatic carbocycles. The Kier molecular flexibility index (Phi) is 7.97. The van der Waals surface area contributed by atoms with Crippen molar-refractivity contribution in [2.75, 3.05) is 18.8 Å². The van der Waals surface area contributed by atoms with E-state index < -0.39 is 18.1 Å². The van der Waals surface area contributed by atoms with E-state index in [1.165, 1.54) is 0 Å². The Labute approximate surface area is 201 Å². The standard InChI is InChI=1S/C25H37N5O4/c1-14(2)11-18(27)24(33)30-13-21(31)22-20(30)9-10-29(22)25(34)19(12-15(3)4)28-23(32)16-5-7-17(26)8-6-16/h5-8,14-15,18-20,22H,9-13,26-27H2,1-4H3,(H,28,32). The fourth-order valence-electron chi connectivity index (χ4n) is 4.95. The number of hydrogen-bond donors (Lipinski definition) is 3. The summed E-state index contributed by atoms with van der Waals surface area (Å²) in [4.78, 5) is 55.3. The van der Waals surface area contributed by atoms with Gasteiger partial charge in [-0.15, -0.1) is 0 Å². The number of likely N-dealkylation sites (tertiary alicyclic amines) is 2. The number of amides is 3. The summed E-state index contributed by atoms with van der Waals surface area (Å²) in [5, 5.41) is 2.85. The Morgan fingerprint density at radius 1 is 1.00 bits per heavy atom. The molecule has 186 valence electrons. The summed E-state index contributed by atoms with van der Waals surface area (Å²) in [6, 6.07) is 3.99. The normalized spacial score (nSPS) is 21.7. The zero-order valence-corrected chi connectivity index (χ0v) is 20.5. The third-order valence-corrected chi connectivity index (χ3v) is 6.51. The number of hydrogen-bond acceptors (Lipinski definition) is 6. The van der Waals surface area contributed by atoms with Crippen LogP contribution < -0.4 is 16.8 Å². The Hall–Kier alpha value is -2.94. The van der Waals surface area contributed by atoms with Crippen LogP contribution in [0.15, 0.2) is 24.3 Å². The highest BCUT2D eigenvalue weighted by molar-refractivity contribution is 6.01. The topological polar surface area (TPSA) is 139 Å². The van der Waals surface area contributed by atoms with E-state index in [2.05, 4.69) is 5.32 Å². The Morgan fingerprint density at radius 2 is 1.62 bits per heavy atom. The van der Waals surface area contributed by atoms with Gasteiger partial charge >= 0.3 is 0 Å². The zero-order chi connectivity index (χ0) is 25.2. The van der Waals surface area contributed by atoms with Crippen molar-refractivity contribution in [3.05, 3.63) is 29.8 Å². The Morgan fingerprint density at radius 3 is 2.21 bits per heavy atom. The highest BCUT2D eigenvalue weighted by Gasteiger charge is 2.52. The Bertz CT molecular complexity index is 930. The van der Waals surface area contributed by atoms with Gasteiger partial charge in [0, 0.05) is 17.8 Å². The lowest BCUT2D eigenvalue weighted by molar-refractivity contribution is -0.138. The number of rotatable bonds is 8. The zero-order valence-electron chi connectivity index (χ0n) is 20.5. The molecule has 4 atom stereocenters. The second-order valence-corrected chi connectivity index (χ2v) is 10.3. The summed E-state index contributed by atoms with van der Waals surface area (Å²) in [5.74, 6) is -0.655. The van der Waals surface area contributed by atoms with Crippen molar-refractivity contribution in [1.82, 2.24) is 15.1 Å². The lowest BCUT2D eigenvalue weighted by atomic mass is 10.0. The summed E-state index contributed by atoms with van der Waals surface area (Å²) < 4.78 is 0. The molecule has 2 fully saturated rings. The van der Waals surface area contributed by atoms with Gasteiger partial charge in [-0.2, -0.15) is 0 Å². The molecule has 3 rings (SSSR count). The largest absolute Gasteiger partial charge is 0.399 e. The molecule has 9 nitrogen and oxygen atoms in total. The quantitative estimate of drug-likeness (QED) is 0.487. The van der Waals surface area contributed by atoms with Gasteiger partial charge in [0.05, 0.1) is 18.6 Å². The van der Waals surface area contributed by atoms with Gasteiger partial charge in [-0.05, 0) is 55.4 Å². The van der Waals surface area contributed by atoms with Gasteiger partial charge in [-0.1, -0.05) is 27.7 Å². The van der Waals surface area contributed by atoms with Gasteiger partial charge in [-0.25, -0.2) is 0 Å². The SMILES string of the molecule is CC(C)CC(N)C(=O)N1CC(=O)C2C1CCN2C(=O)C(CC(C)C)NC(=O)c1ccc(N)cc1. The van der Waals surface area contributed by atoms with Gasteiger partial charge < -0.3 is 26.6 Å². The molecule has 1 aromatic rings. The molecule has 5 N–H and O–H groups in total. The summed E-state index contributed by atoms with van der Waals surface area (Å²) >= 11 is 0. The van der Waals surface area contributed by atoms with Gasteiger partial charge in [-0.3, -0.25) is 19.2 Å². The van der Waals surface area contributed by atoms with Crippen LogP contribution >= 0.6 is 0 Å². The summed E-state index contributed by atoms with van der Waals surface area (Å²) in [5.41, 5.74) is 12.8. The fourth-order valence-corrected chi connectivity index (χ4v) is 4.95. The monoisotopic (exact) mass is 471 g/mol. The number of carbonyl (C=O) groups excluding carboxylic acids is 4. The number of benzene rings is 1. The highest BCUT2D eigenvalue weighted by atomic mass is 16.2. The minimum atomic E-state index is -0.774. The maximum absolute atomic E-state index is 13.6. The second kappa shape index (κ2) is 10.5. The first-order valence-electron chi connectivity index (χ1n) is 12.0. The molecule has 0 bridgehead atoms. The molecule has 0 aliphatic carbocycles. The molecular weight excluding hydrogens is 434 g/mol. The number of nitrogens with one attached hydrogen (secondary N) is 1. The van der Waals surface area contributed by atoms with Crippen LogP contribution in [0.2, 0.25) is 0 Å². The van der Waals surface area contributed by atoms with Crippen LogP contribution in [0.25, 0.3) is 0 Å². The maximum atomic E-state index is 13.6. The van der Waals surface area contributed by atoms with E-state index in [-0.39, 0.29) is 47.9 Å². The highest BCUT2D eigenvalue weighted by Crippen LogP contribution is 2.31. The van der Waals surface area contributed by atoms with E-state index in [0.717, 1.165) is 0 Å². The van der Waals surface area contributed by atoms with Crippen molar-refractivity contribution in [3.63, 3.8) is 0 Å². The van der Waals surface area contributed by atoms with Crippen molar-refractivity contribution in [2.45, 2.75) is 71.1 Å². The smallest absolute Gasteiger partial charge is 0.251 e. The number of anilines is 1. The average molecular weight is 472 g/mol. The van der Waals surface area contributed by atoms with Crippen LogP contribution in [0.1, 0.15) is 57.3 Å². The number of fused-ring (bicyclic) bond motifs is 1. The second-order valence-electron chi connectivity index (χ2n) is 10.3. The van der Waals surface area contributed by atoms with Crippen molar-refractivity contribution in [3.8, 4) is 0 Å². The molecule has 4 unspecified atom stereocenters. The number of nitrogens with two attached hydrogens (primary N) is 2. The number of nitrogen functional groups attached to an aromatic ring is 1. The predicted octanol–water partition coefficient (Wildman–Crippen LogP) is 1.17. The molecule has 2 aliphatic heterocycles. The average Bonchev–Trinajstić information content (AvgIpc) is 3.33. The molecule has 2 saturated heterocycles. The summed E-state index contributed by atoms with van der Waals surface area (Å²) in [7, 11) is 0. The third-order valence-electron chi connectivity index (χ3n) is 6.51. The van der Waals surface area contributed by atoms with E-state index in [0.29, 0.717) is 37.1 Å². The molecule has 2 aliphatic rings. The van der Waals surface area contributed by atoms with Crippen LogP contribution in [0, 0.1) is 11.8 Å². The van der Waals surface area contributed by atoms with Crippen LogP contribution in [0.3, 0.4) is 0 Å². The maximum Gasteiger partial charge on any atom is 0.251 e. The first-order chi connectivity index (χ1) is 16.0. The van der Waals surface area contributed by atoms with E-state index in [4.69, 9.17) is 11.5 Å². The van der Waals surface area contributed by atoms with Crippen molar-refractivity contribution >= 4 is 29.2 Å². The number of carbonyl (C=O) groups is 4. The lowest BCUT2D eigenvalue weighted by Crippen LogP contribution is -2.53. The molecule has 34 heavy (non-hydrogen) atoms. The predicted molar refractivity (Wildman–Crippen MR) is 130 cm³/mol. The minimum absolute atomic E-state index is 0.0314. The van der Waals surface area contributed by atoms with Gasteiger partial charge in [0.15, 0.2) is 5.78 Å². The van der Waals surface area contributed by atoms with Crippen molar-refractivity contribution < 1.29 is 19.2 Å². The van der Waals surface area contributed by atoms with E-state index in [9.17, 15) is 19.2 Å². The first-order valence-corrected chi connectivity index (χ1v) is 12.0. The molecule has 0 spiro atoms. The number of Topliss-reactive ketones (excluding diaryl/α,β-unsaturated/α-hetero) is 1. The van der Waals surface area contributed by atoms with Gasteiger partial charge in [0.2, 0.25) is 11.8 Å². The summed E-state index contributed by atoms with van der Waals surface area (Å²) in [6.07, 6.45) is 1.49. The molecule has 9 heteroatoms. The molecule has 0 aromatic heterocycles. The molecule has 3 amide bonds. The van der Waals surface area contributed by atoms with Crippen molar-refractivity contribution in [1.29, 1.82) is 0 Å². The van der Waals surface area contributed by atoms with Crippen LogP contribution in [-0.2, 0) is 14.4 Å². The number of ketones is 1. The lowest BCUT2D eigenvalue weighted by Gasteiger charge is -2.29. The van der Waals surface area contributed by atoms with E-state index in [1.54, 1.807) is 34.1 Å². The van der Waals surface area contributed by atoms with Crippen LogP contribution in [0.5, 0.6) is 0 Å². The van der Waals surface area contributed by atoms with E-state index in [1.807, 2.05) is 27.7 Å². The third kappa shape index (κ3) is 5.58. The Balaban J connectivity index is 1.75. The van der Waals surface area contributed by atoms with Crippen molar-refractivity contribution in [2.24, 2.45) is 17.6 Å². The van der Waals surface area contributed by atoms with Gasteiger partial charge in [0.1, 0.15) is 12.1 Å². The molecule has 0 saturated carbocycles. The van der Waals surface area contributed by atoms with Crippen LogP contribution in [-0.4, -0.2) is 70.6 Å². The van der Waals surface area contributed by atoms with Crippen LogP contribution in [0.4, 0.5) is 5.69 Å². The minimum Gasteiger partial charge on any atom is -0.399 e. The first kappa shape index (κ1) is 25.7. The molecule has 0 radical (unpaired) electrons. The molecule has 2 heterocycles. The fraction of sp³-hybridized carbons (Fsp3) is 0.600. The molecular formula is C25H37N5O4. The van der Waals surface area contributed by atoms with Gasteiger partial charge in [0.25, 0.3) is 5.91 Å². The summed E-state index contributed by atoms with van der Waals surface area (Å²) in [6.45, 7) is 8.26. The van der Waals surface area contributed by atoms with E-state index >= 15 is 0 Å². The number of nitrogens with zero attached hydrogens (tertiary/aromatic N) is 2.